The van der Waals surface area contributed by atoms with Crippen molar-refractivity contribution in [1.29, 1.82) is 0 Å². The van der Waals surface area contributed by atoms with Gasteiger partial charge in [-0.1, -0.05) is 37.1 Å². The van der Waals surface area contributed by atoms with Crippen LogP contribution in [0.15, 0.2) is 54.6 Å². The second-order valence-corrected chi connectivity index (χ2v) is 9.48. The average Bonchev–Trinajstić information content (AvgIpc) is 2.92. The highest BCUT2D eigenvalue weighted by atomic mass is 16.5. The van der Waals surface area contributed by atoms with Crippen LogP contribution in [-0.4, -0.2) is 43.5 Å². The molecule has 6 nitrogen and oxygen atoms in total. The van der Waals surface area contributed by atoms with Crippen LogP contribution in [0.3, 0.4) is 0 Å². The first kappa shape index (κ1) is 23.2. The predicted octanol–water partition coefficient (Wildman–Crippen LogP) is 5.90. The number of hydrogen-bond acceptors (Lipinski definition) is 4. The Kier molecular flexibility index (Phi) is 6.62. The van der Waals surface area contributed by atoms with E-state index in [0.29, 0.717) is 40.3 Å². The lowest BCUT2D eigenvalue weighted by atomic mass is 9.78. The second-order valence-electron chi connectivity index (χ2n) is 9.48. The largest absolute Gasteiger partial charge is 0.493 e. The molecular formula is C29H32N2O4. The highest BCUT2D eigenvalue weighted by molar-refractivity contribution is 6.14. The summed E-state index contributed by atoms with van der Waals surface area (Å²) < 4.78 is 10.6. The summed E-state index contributed by atoms with van der Waals surface area (Å²) in [4.78, 5) is 29.0. The highest BCUT2D eigenvalue weighted by Crippen LogP contribution is 2.37. The van der Waals surface area contributed by atoms with Gasteiger partial charge in [0, 0.05) is 34.8 Å². The predicted molar refractivity (Wildman–Crippen MR) is 137 cm³/mol. The van der Waals surface area contributed by atoms with Crippen LogP contribution in [0, 0.1) is 5.92 Å². The van der Waals surface area contributed by atoms with Crippen molar-refractivity contribution in [3.8, 4) is 11.5 Å². The van der Waals surface area contributed by atoms with Crippen LogP contribution >= 0.6 is 0 Å². The molecule has 3 aromatic carbocycles. The highest BCUT2D eigenvalue weighted by Gasteiger charge is 2.36. The summed E-state index contributed by atoms with van der Waals surface area (Å²) in [6.45, 7) is 0.826. The molecule has 2 fully saturated rings. The first-order valence-electron chi connectivity index (χ1n) is 12.5. The lowest BCUT2D eigenvalue weighted by Crippen LogP contribution is -2.49. The van der Waals surface area contributed by atoms with Gasteiger partial charge in [-0.25, -0.2) is 0 Å². The van der Waals surface area contributed by atoms with Gasteiger partial charge < -0.3 is 19.7 Å². The number of ether oxygens (including phenoxy) is 2. The zero-order chi connectivity index (χ0) is 24.4. The Balaban J connectivity index is 1.44. The number of hydrogen-bond donors (Lipinski definition) is 1. The average molecular weight is 473 g/mol. The van der Waals surface area contributed by atoms with Crippen molar-refractivity contribution in [1.82, 2.24) is 4.90 Å². The van der Waals surface area contributed by atoms with Crippen molar-refractivity contribution in [3.63, 3.8) is 0 Å². The van der Waals surface area contributed by atoms with Crippen molar-refractivity contribution < 1.29 is 19.1 Å². The number of fused-ring (bicyclic) bond motifs is 2. The Morgan fingerprint density at radius 3 is 2.40 bits per heavy atom. The molecule has 1 N–H and O–H groups in total. The van der Waals surface area contributed by atoms with Crippen molar-refractivity contribution in [2.24, 2.45) is 5.92 Å². The van der Waals surface area contributed by atoms with E-state index in [1.54, 1.807) is 32.4 Å². The third-order valence-electron chi connectivity index (χ3n) is 7.55. The van der Waals surface area contributed by atoms with Gasteiger partial charge in [0.15, 0.2) is 11.5 Å². The summed E-state index contributed by atoms with van der Waals surface area (Å²) in [6.07, 6.45) is 7.12. The smallest absolute Gasteiger partial charge is 0.255 e. The molecule has 0 aromatic heterocycles. The molecule has 0 spiro atoms. The number of piperidine rings is 1. The third kappa shape index (κ3) is 4.45. The standard InChI is InChI=1S/C29H32N2O4/c1-34-26-16-13-20(18-27(26)35-2)28(32)30-24-15-14-23(21-10-4-5-11-22(21)24)29(33)31-17-7-9-19-8-3-6-12-25(19)31/h4-5,10-11,13-16,18-19,25H,3,6-9,12,17H2,1-2H3,(H,30,32)/t19-,25+/m1/s1. The van der Waals surface area contributed by atoms with Crippen molar-refractivity contribution in [2.45, 2.75) is 44.6 Å². The van der Waals surface area contributed by atoms with E-state index >= 15 is 0 Å². The van der Waals surface area contributed by atoms with E-state index in [1.165, 1.54) is 25.7 Å². The molecule has 3 aromatic rings. The van der Waals surface area contributed by atoms with Crippen molar-refractivity contribution >= 4 is 28.3 Å². The van der Waals surface area contributed by atoms with E-state index < -0.39 is 0 Å². The van der Waals surface area contributed by atoms with Gasteiger partial charge in [0.1, 0.15) is 0 Å². The first-order valence-corrected chi connectivity index (χ1v) is 12.5. The number of likely N-dealkylation sites (tertiary alicyclic amines) is 1. The Bertz CT molecular complexity index is 1250. The molecule has 5 rings (SSSR count). The van der Waals surface area contributed by atoms with Crippen LogP contribution in [0.2, 0.25) is 0 Å². The second kappa shape index (κ2) is 9.98. The lowest BCUT2D eigenvalue weighted by Gasteiger charge is -2.44. The maximum Gasteiger partial charge on any atom is 0.255 e. The normalized spacial score (nSPS) is 19.7. The minimum Gasteiger partial charge on any atom is -0.493 e. The third-order valence-corrected chi connectivity index (χ3v) is 7.55. The Labute approximate surface area is 206 Å². The number of rotatable bonds is 5. The minimum absolute atomic E-state index is 0.107. The van der Waals surface area contributed by atoms with E-state index in [1.807, 2.05) is 36.4 Å². The Morgan fingerprint density at radius 2 is 1.60 bits per heavy atom. The van der Waals surface area contributed by atoms with Gasteiger partial charge in [-0.2, -0.15) is 0 Å². The number of benzene rings is 3. The van der Waals surface area contributed by atoms with Crippen LogP contribution < -0.4 is 14.8 Å². The summed E-state index contributed by atoms with van der Waals surface area (Å²) in [5, 5.41) is 4.73. The van der Waals surface area contributed by atoms with Gasteiger partial charge in [-0.05, 0) is 67.3 Å². The topological polar surface area (TPSA) is 67.9 Å². The molecular weight excluding hydrogens is 440 g/mol. The minimum atomic E-state index is -0.253. The summed E-state index contributed by atoms with van der Waals surface area (Å²) >= 11 is 0. The van der Waals surface area contributed by atoms with Crippen LogP contribution in [0.25, 0.3) is 10.8 Å². The lowest BCUT2D eigenvalue weighted by molar-refractivity contribution is 0.0392. The number of nitrogens with one attached hydrogen (secondary N) is 1. The zero-order valence-corrected chi connectivity index (χ0v) is 20.4. The van der Waals surface area contributed by atoms with E-state index in [2.05, 4.69) is 10.2 Å². The van der Waals surface area contributed by atoms with Crippen molar-refractivity contribution in [2.75, 3.05) is 26.1 Å². The number of amides is 2. The SMILES string of the molecule is COc1ccc(C(=O)Nc2ccc(C(=O)N3CCC[C@H]4CCCC[C@@H]43)c3ccccc23)cc1OC. The van der Waals surface area contributed by atoms with Crippen LogP contribution in [-0.2, 0) is 0 Å². The van der Waals surface area contributed by atoms with E-state index in [-0.39, 0.29) is 11.8 Å². The maximum atomic E-state index is 13.8. The molecule has 1 saturated carbocycles. The maximum absolute atomic E-state index is 13.8. The van der Waals surface area contributed by atoms with Crippen LogP contribution in [0.1, 0.15) is 59.2 Å². The van der Waals surface area contributed by atoms with E-state index in [4.69, 9.17) is 9.47 Å². The molecule has 35 heavy (non-hydrogen) atoms. The summed E-state index contributed by atoms with van der Waals surface area (Å²) in [7, 11) is 3.10. The number of nitrogens with zero attached hydrogens (tertiary/aromatic N) is 1. The monoisotopic (exact) mass is 472 g/mol. The Morgan fingerprint density at radius 1 is 0.857 bits per heavy atom. The molecule has 1 aliphatic heterocycles. The van der Waals surface area contributed by atoms with Crippen LogP contribution in [0.4, 0.5) is 5.69 Å². The number of methoxy groups -OCH3 is 2. The molecule has 1 saturated heterocycles. The van der Waals surface area contributed by atoms with Gasteiger partial charge in [-0.15, -0.1) is 0 Å². The number of carbonyl (C=O) groups excluding carboxylic acids is 2. The molecule has 1 aliphatic carbocycles. The van der Waals surface area contributed by atoms with Gasteiger partial charge in [-0.3, -0.25) is 9.59 Å². The Hall–Kier alpha value is -3.54. The van der Waals surface area contributed by atoms with Crippen molar-refractivity contribution in [3.05, 3.63) is 65.7 Å². The molecule has 182 valence electrons. The molecule has 2 aliphatic rings. The molecule has 1 heterocycles. The van der Waals surface area contributed by atoms with Gasteiger partial charge >= 0.3 is 0 Å². The number of carbonyl (C=O) groups is 2. The fourth-order valence-electron chi connectivity index (χ4n) is 5.80. The van der Waals surface area contributed by atoms with Gasteiger partial charge in [0.2, 0.25) is 0 Å². The van der Waals surface area contributed by atoms with E-state index in [0.717, 1.165) is 30.2 Å². The first-order chi connectivity index (χ1) is 17.1. The quantitative estimate of drug-likeness (QED) is 0.502. The summed E-state index contributed by atoms with van der Waals surface area (Å²) in [5.41, 5.74) is 1.84. The van der Waals surface area contributed by atoms with Gasteiger partial charge in [0.25, 0.3) is 11.8 Å². The van der Waals surface area contributed by atoms with Gasteiger partial charge in [0.05, 0.1) is 14.2 Å². The molecule has 0 bridgehead atoms. The fraction of sp³-hybridized carbons (Fsp3) is 0.379. The zero-order valence-electron chi connectivity index (χ0n) is 20.4. The molecule has 0 radical (unpaired) electrons. The number of anilines is 1. The fourth-order valence-corrected chi connectivity index (χ4v) is 5.80. The molecule has 2 amide bonds. The summed E-state index contributed by atoms with van der Waals surface area (Å²) in [6, 6.07) is 16.9. The van der Waals surface area contributed by atoms with E-state index in [9.17, 15) is 9.59 Å². The van der Waals surface area contributed by atoms with Crippen LogP contribution in [0.5, 0.6) is 11.5 Å². The molecule has 2 atom stereocenters. The molecule has 0 unspecified atom stereocenters. The summed E-state index contributed by atoms with van der Waals surface area (Å²) in [5.74, 6) is 1.54. The molecule has 6 heteroatoms.